The van der Waals surface area contributed by atoms with Crippen molar-refractivity contribution in [3.05, 3.63) is 83.4 Å². The van der Waals surface area contributed by atoms with Crippen LogP contribution in [0.25, 0.3) is 22.0 Å². The number of ether oxygens (including phenoxy) is 2. The van der Waals surface area contributed by atoms with E-state index in [9.17, 15) is 27.2 Å². The molecule has 8 nitrogen and oxygen atoms in total. The molecule has 44 heavy (non-hydrogen) atoms. The second-order valence-corrected chi connectivity index (χ2v) is 10.6. The quantitative estimate of drug-likeness (QED) is 0.246. The van der Waals surface area contributed by atoms with E-state index in [4.69, 9.17) is 9.47 Å². The molecular formula is C32H32F4N4O4. The first-order valence-electron chi connectivity index (χ1n) is 14.1. The number of carbonyl (C=O) groups excluding carboxylic acids is 2. The minimum atomic E-state index is -5.00. The van der Waals surface area contributed by atoms with Crippen LogP contribution < -0.4 is 10.1 Å². The van der Waals surface area contributed by atoms with Crippen molar-refractivity contribution >= 4 is 22.7 Å². The molecule has 0 radical (unpaired) electrons. The molecule has 0 unspecified atom stereocenters. The van der Waals surface area contributed by atoms with Crippen molar-refractivity contribution in [2.24, 2.45) is 0 Å². The van der Waals surface area contributed by atoms with Crippen molar-refractivity contribution in [3.63, 3.8) is 0 Å². The van der Waals surface area contributed by atoms with Gasteiger partial charge >= 0.3 is 12.1 Å². The Labute approximate surface area is 251 Å². The molecule has 0 bridgehead atoms. The molecule has 4 aromatic rings. The summed E-state index contributed by atoms with van der Waals surface area (Å²) < 4.78 is 65.2. The number of piperidine rings is 1. The molecule has 0 atom stereocenters. The van der Waals surface area contributed by atoms with Crippen molar-refractivity contribution in [1.29, 1.82) is 0 Å². The third-order valence-electron chi connectivity index (χ3n) is 7.92. The number of aromatic nitrogens is 2. The lowest BCUT2D eigenvalue weighted by molar-refractivity contribution is -0.173. The topological polar surface area (TPSA) is 85.7 Å². The number of carbonyl (C=O) groups is 2. The molecule has 1 saturated heterocycles. The molecular weight excluding hydrogens is 580 g/mol. The van der Waals surface area contributed by atoms with E-state index >= 15 is 0 Å². The number of benzene rings is 2. The Kier molecular flexibility index (Phi) is 9.19. The zero-order valence-electron chi connectivity index (χ0n) is 24.3. The summed E-state index contributed by atoms with van der Waals surface area (Å²) in [5, 5.41) is 2.62. The molecule has 232 valence electrons. The first-order valence-corrected chi connectivity index (χ1v) is 14.1. The van der Waals surface area contributed by atoms with Gasteiger partial charge in [-0.15, -0.1) is 0 Å². The number of halogens is 4. The van der Waals surface area contributed by atoms with Gasteiger partial charge in [0, 0.05) is 62.7 Å². The average molecular weight is 613 g/mol. The fourth-order valence-corrected chi connectivity index (χ4v) is 5.68. The minimum Gasteiger partial charge on any atom is -0.481 e. The van der Waals surface area contributed by atoms with Crippen LogP contribution in [0.1, 0.15) is 40.2 Å². The lowest BCUT2D eigenvalue weighted by Gasteiger charge is -2.32. The van der Waals surface area contributed by atoms with Crippen molar-refractivity contribution in [2.45, 2.75) is 38.0 Å². The molecule has 3 heterocycles. The summed E-state index contributed by atoms with van der Waals surface area (Å²) in [4.78, 5) is 31.2. The Balaban J connectivity index is 1.38. The monoisotopic (exact) mass is 612 g/mol. The second-order valence-electron chi connectivity index (χ2n) is 10.6. The van der Waals surface area contributed by atoms with Gasteiger partial charge in [-0.05, 0) is 59.2 Å². The summed E-state index contributed by atoms with van der Waals surface area (Å²) in [5.74, 6) is -2.46. The molecule has 1 aliphatic heterocycles. The predicted molar refractivity (Wildman–Crippen MR) is 156 cm³/mol. The normalized spacial score (nSPS) is 14.2. The maximum absolute atomic E-state index is 14.8. The molecule has 2 amide bonds. The lowest BCUT2D eigenvalue weighted by atomic mass is 9.88. The highest BCUT2D eigenvalue weighted by atomic mass is 19.4. The average Bonchev–Trinajstić information content (AvgIpc) is 3.41. The van der Waals surface area contributed by atoms with Crippen LogP contribution in [0.15, 0.2) is 60.9 Å². The van der Waals surface area contributed by atoms with Crippen molar-refractivity contribution in [2.75, 3.05) is 33.9 Å². The molecule has 1 N–H and O–H groups in total. The van der Waals surface area contributed by atoms with Gasteiger partial charge in [0.05, 0.1) is 19.3 Å². The Hall–Kier alpha value is -4.45. The van der Waals surface area contributed by atoms with E-state index in [0.717, 1.165) is 22.0 Å². The molecule has 1 aliphatic rings. The van der Waals surface area contributed by atoms with Gasteiger partial charge in [-0.3, -0.25) is 9.59 Å². The van der Waals surface area contributed by atoms with E-state index in [2.05, 4.69) is 4.98 Å². The standard InChI is InChI=1S/C32H32F4N4O4/c1-43-15-14-40-19-25(29-23(4-3-5-27(29)40)22-8-11-37-28(17-22)44-2)30(41)39-12-9-21(10-13-39)24-16-20(6-7-26(24)33)18-38-31(42)32(34,35)36/h3-8,11,16-17,19,21H,9-10,12-15,18H2,1-2H3,(H,38,42). The van der Waals surface area contributed by atoms with Gasteiger partial charge < -0.3 is 24.3 Å². The highest BCUT2D eigenvalue weighted by molar-refractivity contribution is 6.12. The van der Waals surface area contributed by atoms with Crippen molar-refractivity contribution < 1.29 is 36.6 Å². The maximum atomic E-state index is 14.8. The number of likely N-dealkylation sites (tertiary alicyclic amines) is 1. The predicted octanol–water partition coefficient (Wildman–Crippen LogP) is 5.70. The zero-order valence-corrected chi connectivity index (χ0v) is 24.3. The Bertz CT molecular complexity index is 1660. The molecule has 1 fully saturated rings. The van der Waals surface area contributed by atoms with Gasteiger partial charge in [0.25, 0.3) is 5.91 Å². The highest BCUT2D eigenvalue weighted by Gasteiger charge is 2.38. The molecule has 2 aromatic heterocycles. The van der Waals surface area contributed by atoms with Crippen LogP contribution in [0.3, 0.4) is 0 Å². The molecule has 0 aliphatic carbocycles. The molecule has 0 spiro atoms. The number of nitrogens with zero attached hydrogens (tertiary/aromatic N) is 3. The molecule has 0 saturated carbocycles. The van der Waals surface area contributed by atoms with E-state index < -0.39 is 17.9 Å². The van der Waals surface area contributed by atoms with Crippen LogP contribution in [0, 0.1) is 5.82 Å². The van der Waals surface area contributed by atoms with Crippen LogP contribution in [0.5, 0.6) is 5.88 Å². The van der Waals surface area contributed by atoms with Gasteiger partial charge in [-0.25, -0.2) is 9.37 Å². The summed E-state index contributed by atoms with van der Waals surface area (Å²) in [6.45, 7) is 1.37. The first-order chi connectivity index (χ1) is 21.1. The van der Waals surface area contributed by atoms with E-state index in [1.165, 1.54) is 18.2 Å². The van der Waals surface area contributed by atoms with E-state index in [0.29, 0.717) is 61.7 Å². The van der Waals surface area contributed by atoms with E-state index in [1.807, 2.05) is 46.4 Å². The van der Waals surface area contributed by atoms with E-state index in [1.54, 1.807) is 25.3 Å². The van der Waals surface area contributed by atoms with Gasteiger partial charge in [-0.2, -0.15) is 13.2 Å². The summed E-state index contributed by atoms with van der Waals surface area (Å²) >= 11 is 0. The van der Waals surface area contributed by atoms with Crippen LogP contribution in [0.2, 0.25) is 0 Å². The fourth-order valence-electron chi connectivity index (χ4n) is 5.68. The summed E-state index contributed by atoms with van der Waals surface area (Å²) in [5.41, 5.74) is 3.85. The SMILES string of the molecule is COCCn1cc(C(=O)N2CCC(c3cc(CNC(=O)C(F)(F)F)ccc3F)CC2)c2c(-c3ccnc(OC)c3)cccc21. The molecule has 12 heteroatoms. The zero-order chi connectivity index (χ0) is 31.4. The van der Waals surface area contributed by atoms with Gasteiger partial charge in [0.1, 0.15) is 5.82 Å². The highest BCUT2D eigenvalue weighted by Crippen LogP contribution is 2.36. The number of amides is 2. The number of rotatable bonds is 9. The number of alkyl halides is 3. The third kappa shape index (κ3) is 6.54. The molecule has 2 aromatic carbocycles. The largest absolute Gasteiger partial charge is 0.481 e. The molecule has 5 rings (SSSR count). The maximum Gasteiger partial charge on any atom is 0.471 e. The number of fused-ring (bicyclic) bond motifs is 1. The third-order valence-corrected chi connectivity index (χ3v) is 7.92. The Morgan fingerprint density at radius 3 is 2.55 bits per heavy atom. The van der Waals surface area contributed by atoms with Crippen molar-refractivity contribution in [1.82, 2.24) is 19.8 Å². The Morgan fingerprint density at radius 2 is 1.84 bits per heavy atom. The first kappa shape index (κ1) is 31.0. The van der Waals surface area contributed by atoms with Crippen LogP contribution >= 0.6 is 0 Å². The summed E-state index contributed by atoms with van der Waals surface area (Å²) in [7, 11) is 3.16. The number of hydrogen-bond acceptors (Lipinski definition) is 5. The van der Waals surface area contributed by atoms with Crippen LogP contribution in [0.4, 0.5) is 17.6 Å². The second kappa shape index (κ2) is 13.0. The fraction of sp³-hybridized carbons (Fsp3) is 0.344. The van der Waals surface area contributed by atoms with Gasteiger partial charge in [-0.1, -0.05) is 24.3 Å². The number of hydrogen-bond donors (Lipinski definition) is 1. The summed E-state index contributed by atoms with van der Waals surface area (Å²) in [6.07, 6.45) is -0.558. The Morgan fingerprint density at radius 1 is 1.07 bits per heavy atom. The van der Waals surface area contributed by atoms with Crippen molar-refractivity contribution in [3.8, 4) is 17.0 Å². The van der Waals surface area contributed by atoms with Crippen LogP contribution in [-0.2, 0) is 22.6 Å². The van der Waals surface area contributed by atoms with Crippen LogP contribution in [-0.4, -0.2) is 66.4 Å². The minimum absolute atomic E-state index is 0.151. The number of pyridine rings is 1. The lowest BCUT2D eigenvalue weighted by Crippen LogP contribution is -2.38. The number of methoxy groups -OCH3 is 2. The smallest absolute Gasteiger partial charge is 0.471 e. The summed E-state index contributed by atoms with van der Waals surface area (Å²) in [6, 6.07) is 13.6. The van der Waals surface area contributed by atoms with Gasteiger partial charge in [0.15, 0.2) is 0 Å². The number of nitrogens with one attached hydrogen (secondary N) is 1. The van der Waals surface area contributed by atoms with Gasteiger partial charge in [0.2, 0.25) is 5.88 Å². The van der Waals surface area contributed by atoms with E-state index in [-0.39, 0.29) is 18.4 Å².